The predicted octanol–water partition coefficient (Wildman–Crippen LogP) is 3.29. The van der Waals surface area contributed by atoms with Gasteiger partial charge in [-0.3, -0.25) is 0 Å². The second-order valence-electron chi connectivity index (χ2n) is 5.74. The summed E-state index contributed by atoms with van der Waals surface area (Å²) in [6, 6.07) is 10.9. The van der Waals surface area contributed by atoms with Crippen LogP contribution in [-0.2, 0) is 0 Å². The van der Waals surface area contributed by atoms with E-state index >= 15 is 0 Å². The van der Waals surface area contributed by atoms with Gasteiger partial charge in [0.05, 0.1) is 18.9 Å². The zero-order valence-electron chi connectivity index (χ0n) is 14.1. The first-order valence-corrected chi connectivity index (χ1v) is 8.36. The molecule has 7 nitrogen and oxygen atoms in total. The van der Waals surface area contributed by atoms with Gasteiger partial charge >= 0.3 is 0 Å². The third-order valence-electron chi connectivity index (χ3n) is 4.10. The van der Waals surface area contributed by atoms with Crippen molar-refractivity contribution in [2.75, 3.05) is 7.11 Å². The van der Waals surface area contributed by atoms with Crippen molar-refractivity contribution in [1.29, 1.82) is 0 Å². The Hall–Kier alpha value is -3.13. The van der Waals surface area contributed by atoms with Gasteiger partial charge < -0.3 is 24.3 Å². The average Bonchev–Trinajstić information content (AvgIpc) is 3.33. The summed E-state index contributed by atoms with van der Waals surface area (Å²) < 4.78 is 16.3. The Bertz CT molecular complexity index is 961. The molecule has 132 valence electrons. The fourth-order valence-corrected chi connectivity index (χ4v) is 3.11. The van der Waals surface area contributed by atoms with Crippen LogP contribution in [0.1, 0.15) is 24.6 Å². The van der Waals surface area contributed by atoms with Crippen LogP contribution in [0.15, 0.2) is 57.3 Å². The molecule has 26 heavy (non-hydrogen) atoms. The van der Waals surface area contributed by atoms with Gasteiger partial charge in [-0.1, -0.05) is 5.16 Å². The maximum Gasteiger partial charge on any atom is 0.258 e. The summed E-state index contributed by atoms with van der Waals surface area (Å²) in [7, 11) is 1.62. The van der Waals surface area contributed by atoms with Crippen LogP contribution in [0.2, 0.25) is 0 Å². The van der Waals surface area contributed by atoms with Crippen molar-refractivity contribution < 1.29 is 13.7 Å². The van der Waals surface area contributed by atoms with Gasteiger partial charge in [0.25, 0.3) is 5.89 Å². The lowest BCUT2D eigenvalue weighted by Crippen LogP contribution is -2.42. The molecule has 0 unspecified atom stereocenters. The molecule has 4 rings (SSSR count). The standard InChI is InChI=1S/C18H16N4O3S/c1-10-14(15(20-18(26)19-10)13-4-3-9-24-13)17-21-16(22-25-17)11-5-7-12(23-2)8-6-11/h3-9,15H,1-2H3,(H2,19,20,26)/t15-/m1/s1. The number of aromatic nitrogens is 2. The van der Waals surface area contributed by atoms with Gasteiger partial charge in [-0.2, -0.15) is 4.98 Å². The molecule has 3 heterocycles. The summed E-state index contributed by atoms with van der Waals surface area (Å²) >= 11 is 5.27. The van der Waals surface area contributed by atoms with Gasteiger partial charge in [0.2, 0.25) is 5.82 Å². The molecule has 1 aliphatic rings. The minimum absolute atomic E-state index is 0.303. The first-order valence-electron chi connectivity index (χ1n) is 7.96. The van der Waals surface area contributed by atoms with Crippen LogP contribution < -0.4 is 15.4 Å². The summed E-state index contributed by atoms with van der Waals surface area (Å²) in [5.74, 6) is 2.38. The summed E-state index contributed by atoms with van der Waals surface area (Å²) in [6.45, 7) is 1.91. The predicted molar refractivity (Wildman–Crippen MR) is 99.2 cm³/mol. The number of rotatable bonds is 4. The van der Waals surface area contributed by atoms with Crippen molar-refractivity contribution in [2.45, 2.75) is 13.0 Å². The van der Waals surface area contributed by atoms with E-state index in [9.17, 15) is 0 Å². The van der Waals surface area contributed by atoms with E-state index in [1.807, 2.05) is 43.3 Å². The van der Waals surface area contributed by atoms with E-state index in [2.05, 4.69) is 20.8 Å². The Labute approximate surface area is 155 Å². The van der Waals surface area contributed by atoms with Crippen molar-refractivity contribution in [1.82, 2.24) is 20.8 Å². The summed E-state index contributed by atoms with van der Waals surface area (Å²) in [5, 5.41) is 10.9. The highest BCUT2D eigenvalue weighted by atomic mass is 32.1. The molecular formula is C18H16N4O3S. The molecule has 0 amide bonds. The van der Waals surface area contributed by atoms with Crippen molar-refractivity contribution in [2.24, 2.45) is 0 Å². The zero-order valence-corrected chi connectivity index (χ0v) is 15.0. The lowest BCUT2D eigenvalue weighted by molar-refractivity contribution is 0.399. The normalized spacial score (nSPS) is 17.0. The Morgan fingerprint density at radius 1 is 1.19 bits per heavy atom. The molecule has 0 radical (unpaired) electrons. The van der Waals surface area contributed by atoms with Crippen LogP contribution in [-0.4, -0.2) is 22.4 Å². The van der Waals surface area contributed by atoms with E-state index in [4.69, 9.17) is 25.9 Å². The molecule has 0 bridgehead atoms. The average molecular weight is 368 g/mol. The van der Waals surface area contributed by atoms with Crippen LogP contribution >= 0.6 is 12.2 Å². The van der Waals surface area contributed by atoms with E-state index in [0.717, 1.165) is 22.6 Å². The lowest BCUT2D eigenvalue weighted by Gasteiger charge is -2.27. The lowest BCUT2D eigenvalue weighted by atomic mass is 10.0. The van der Waals surface area contributed by atoms with Crippen LogP contribution in [0.5, 0.6) is 5.75 Å². The number of allylic oxidation sites excluding steroid dienone is 1. The van der Waals surface area contributed by atoms with Gasteiger partial charge in [0.15, 0.2) is 5.11 Å². The fraction of sp³-hybridized carbons (Fsp3) is 0.167. The number of methoxy groups -OCH3 is 1. The monoisotopic (exact) mass is 368 g/mol. The largest absolute Gasteiger partial charge is 0.497 e. The molecule has 1 atom stereocenters. The van der Waals surface area contributed by atoms with E-state index in [-0.39, 0.29) is 6.04 Å². The molecule has 0 saturated heterocycles. The van der Waals surface area contributed by atoms with Gasteiger partial charge in [0.1, 0.15) is 17.6 Å². The number of ether oxygens (including phenoxy) is 1. The Morgan fingerprint density at radius 2 is 2.00 bits per heavy atom. The molecular weight excluding hydrogens is 352 g/mol. The second kappa shape index (κ2) is 6.64. The SMILES string of the molecule is COc1ccc(-c2noc(C3=C(C)NC(=S)N[C@@H]3c3ccco3)n2)cc1. The van der Waals surface area contributed by atoms with E-state index < -0.39 is 0 Å². The molecule has 0 fully saturated rings. The number of thiocarbonyl (C=S) groups is 1. The Morgan fingerprint density at radius 3 is 2.69 bits per heavy atom. The molecule has 2 N–H and O–H groups in total. The molecule has 0 aliphatic carbocycles. The molecule has 2 aromatic heterocycles. The van der Waals surface area contributed by atoms with Gasteiger partial charge in [-0.15, -0.1) is 0 Å². The number of furan rings is 1. The van der Waals surface area contributed by atoms with Crippen LogP contribution in [0.4, 0.5) is 0 Å². The topological polar surface area (TPSA) is 85.4 Å². The number of nitrogens with zero attached hydrogens (tertiary/aromatic N) is 2. The Balaban J connectivity index is 1.72. The third kappa shape index (κ3) is 2.95. The highest BCUT2D eigenvalue weighted by Gasteiger charge is 2.31. The Kier molecular flexibility index (Phi) is 4.18. The molecule has 1 aromatic carbocycles. The minimum Gasteiger partial charge on any atom is -0.497 e. The molecule has 8 heteroatoms. The van der Waals surface area contributed by atoms with Crippen LogP contribution in [0.25, 0.3) is 17.0 Å². The van der Waals surface area contributed by atoms with Crippen molar-refractivity contribution in [3.63, 3.8) is 0 Å². The molecule has 0 spiro atoms. The highest BCUT2D eigenvalue weighted by Crippen LogP contribution is 2.34. The first-order chi connectivity index (χ1) is 12.7. The van der Waals surface area contributed by atoms with Gasteiger partial charge in [-0.05, 0) is 55.5 Å². The maximum absolute atomic E-state index is 5.55. The molecule has 0 saturated carbocycles. The van der Waals surface area contributed by atoms with Crippen LogP contribution in [0, 0.1) is 0 Å². The number of hydrogen-bond acceptors (Lipinski definition) is 6. The quantitative estimate of drug-likeness (QED) is 0.679. The third-order valence-corrected chi connectivity index (χ3v) is 4.32. The van der Waals surface area contributed by atoms with Gasteiger partial charge in [-0.25, -0.2) is 0 Å². The van der Waals surface area contributed by atoms with E-state index in [1.54, 1.807) is 13.4 Å². The summed E-state index contributed by atoms with van der Waals surface area (Å²) in [4.78, 5) is 4.55. The molecule has 1 aliphatic heterocycles. The van der Waals surface area contributed by atoms with Crippen molar-refractivity contribution in [3.8, 4) is 17.1 Å². The second-order valence-corrected chi connectivity index (χ2v) is 6.15. The highest BCUT2D eigenvalue weighted by molar-refractivity contribution is 7.80. The number of nitrogens with one attached hydrogen (secondary N) is 2. The van der Waals surface area contributed by atoms with E-state index in [0.29, 0.717) is 22.6 Å². The summed E-state index contributed by atoms with van der Waals surface area (Å²) in [6.07, 6.45) is 1.62. The van der Waals surface area contributed by atoms with Crippen LogP contribution in [0.3, 0.4) is 0 Å². The molecule has 3 aromatic rings. The number of benzene rings is 1. The summed E-state index contributed by atoms with van der Waals surface area (Å²) in [5.41, 5.74) is 2.46. The van der Waals surface area contributed by atoms with Gasteiger partial charge in [0, 0.05) is 11.3 Å². The first kappa shape index (κ1) is 16.3. The smallest absolute Gasteiger partial charge is 0.258 e. The zero-order chi connectivity index (χ0) is 18.1. The van der Waals surface area contributed by atoms with Crippen molar-refractivity contribution in [3.05, 3.63) is 60.0 Å². The fourth-order valence-electron chi connectivity index (χ4n) is 2.84. The van der Waals surface area contributed by atoms with E-state index in [1.165, 1.54) is 0 Å². The maximum atomic E-state index is 5.55. The number of hydrogen-bond donors (Lipinski definition) is 2. The van der Waals surface area contributed by atoms with Crippen molar-refractivity contribution >= 4 is 22.9 Å². The minimum atomic E-state index is -0.303.